The minimum absolute atomic E-state index is 0. The zero-order chi connectivity index (χ0) is 18.9. The number of nitrogens with zero attached hydrogens (tertiary/aromatic N) is 1. The van der Waals surface area contributed by atoms with E-state index in [1.165, 1.54) is 38.5 Å². The van der Waals surface area contributed by atoms with Gasteiger partial charge in [-0.1, -0.05) is 58.3 Å². The molecule has 1 amide bonds. The predicted octanol–water partition coefficient (Wildman–Crippen LogP) is -0.353. The molecule has 0 unspecified atom stereocenters. The molecule has 0 aliphatic heterocycles. The van der Waals surface area contributed by atoms with Crippen LogP contribution in [0.4, 0.5) is 0 Å². The zero-order valence-electron chi connectivity index (χ0n) is 17.6. The van der Waals surface area contributed by atoms with Crippen LogP contribution >= 0.6 is 0 Å². The van der Waals surface area contributed by atoms with E-state index in [0.29, 0.717) is 25.8 Å². The number of carboxylic acid groups (broad SMARTS) is 1. The SMILES string of the molecule is CCCCCCCCCCCC(=O)N[C@@H](CCCN=C(N)N)C(=O)O.[H-].[Na+]. The molecular formula is C18H37N4NaO3. The van der Waals surface area contributed by atoms with E-state index in [1.807, 2.05) is 0 Å². The summed E-state index contributed by atoms with van der Waals surface area (Å²) in [5.74, 6) is -1.23. The molecule has 0 fully saturated rings. The van der Waals surface area contributed by atoms with Crippen molar-refractivity contribution in [3.8, 4) is 0 Å². The zero-order valence-corrected chi connectivity index (χ0v) is 18.6. The molecule has 7 nitrogen and oxygen atoms in total. The monoisotopic (exact) mass is 380 g/mol. The van der Waals surface area contributed by atoms with Crippen LogP contribution in [0.3, 0.4) is 0 Å². The molecule has 8 heteroatoms. The molecule has 0 aromatic rings. The van der Waals surface area contributed by atoms with Gasteiger partial charge in [0.15, 0.2) is 5.96 Å². The molecule has 0 aromatic heterocycles. The Morgan fingerprint density at radius 2 is 1.54 bits per heavy atom. The second kappa shape index (κ2) is 19.0. The van der Waals surface area contributed by atoms with Crippen LogP contribution in [-0.4, -0.2) is 35.5 Å². The number of hydrogen-bond acceptors (Lipinski definition) is 3. The number of guanidine groups is 1. The molecule has 0 radical (unpaired) electrons. The van der Waals surface area contributed by atoms with Crippen molar-refractivity contribution in [1.82, 2.24) is 5.32 Å². The van der Waals surface area contributed by atoms with Crippen molar-refractivity contribution in [2.24, 2.45) is 16.5 Å². The van der Waals surface area contributed by atoms with Crippen LogP contribution in [0, 0.1) is 0 Å². The van der Waals surface area contributed by atoms with Gasteiger partial charge in [-0.25, -0.2) is 4.79 Å². The summed E-state index contributed by atoms with van der Waals surface area (Å²) in [5, 5.41) is 11.7. The minimum atomic E-state index is -1.02. The first-order chi connectivity index (χ1) is 12.0. The molecule has 0 aliphatic carbocycles. The maximum atomic E-state index is 11.9. The molecule has 0 bridgehead atoms. The van der Waals surface area contributed by atoms with Crippen molar-refractivity contribution in [2.45, 2.75) is 90.0 Å². The van der Waals surface area contributed by atoms with E-state index in [2.05, 4.69) is 17.2 Å². The standard InChI is InChI=1S/C18H36N4O3.Na.H/c1-2-3-4-5-6-7-8-9-10-13-16(23)22-15(17(24)25)12-11-14-21-18(19)20;;/h15H,2-14H2,1H3,(H,22,23)(H,24,25)(H4,19,20,21);;/q;+1;-1/t15-;;/m0../s1. The molecule has 1 atom stereocenters. The quantitative estimate of drug-likeness (QED) is 0.126. The largest absolute Gasteiger partial charge is 1.00 e. The third-order valence-corrected chi connectivity index (χ3v) is 4.09. The van der Waals surface area contributed by atoms with Gasteiger partial charge in [-0.05, 0) is 19.3 Å². The van der Waals surface area contributed by atoms with Gasteiger partial charge in [-0.15, -0.1) is 0 Å². The van der Waals surface area contributed by atoms with Gasteiger partial charge in [-0.3, -0.25) is 9.79 Å². The molecule has 148 valence electrons. The summed E-state index contributed by atoms with van der Waals surface area (Å²) in [6.07, 6.45) is 11.9. The van der Waals surface area contributed by atoms with E-state index in [4.69, 9.17) is 16.6 Å². The Kier molecular flexibility index (Phi) is 20.0. The topological polar surface area (TPSA) is 131 Å². The van der Waals surface area contributed by atoms with Crippen LogP contribution in [0.2, 0.25) is 0 Å². The maximum absolute atomic E-state index is 11.9. The summed E-state index contributed by atoms with van der Waals surface area (Å²) in [4.78, 5) is 26.9. The van der Waals surface area contributed by atoms with E-state index in [-0.39, 0.29) is 42.9 Å². The molecule has 0 aromatic carbocycles. The fourth-order valence-corrected chi connectivity index (χ4v) is 2.62. The first kappa shape index (κ1) is 27.4. The Bertz CT molecular complexity index is 408. The number of amides is 1. The van der Waals surface area contributed by atoms with Crippen LogP contribution in [0.1, 0.15) is 85.4 Å². The summed E-state index contributed by atoms with van der Waals surface area (Å²) in [6.45, 7) is 2.57. The Morgan fingerprint density at radius 1 is 1.00 bits per heavy atom. The summed E-state index contributed by atoms with van der Waals surface area (Å²) in [6, 6.07) is -0.875. The fourth-order valence-electron chi connectivity index (χ4n) is 2.62. The first-order valence-corrected chi connectivity index (χ1v) is 9.55. The number of carbonyl (C=O) groups is 2. The van der Waals surface area contributed by atoms with E-state index >= 15 is 0 Å². The fraction of sp³-hybridized carbons (Fsp3) is 0.833. The number of aliphatic carboxylic acids is 1. The van der Waals surface area contributed by atoms with E-state index in [9.17, 15) is 9.59 Å². The molecule has 0 rings (SSSR count). The molecule has 0 saturated carbocycles. The van der Waals surface area contributed by atoms with Gasteiger partial charge in [-0.2, -0.15) is 0 Å². The third-order valence-electron chi connectivity index (χ3n) is 4.09. The summed E-state index contributed by atoms with van der Waals surface area (Å²) in [5.41, 5.74) is 10.4. The number of nitrogens with one attached hydrogen (secondary N) is 1. The van der Waals surface area contributed by atoms with Gasteiger partial charge < -0.3 is 23.3 Å². The average Bonchev–Trinajstić information content (AvgIpc) is 2.55. The first-order valence-electron chi connectivity index (χ1n) is 9.55. The second-order valence-corrected chi connectivity index (χ2v) is 6.49. The van der Waals surface area contributed by atoms with Gasteiger partial charge in [0.25, 0.3) is 0 Å². The van der Waals surface area contributed by atoms with E-state index in [1.54, 1.807) is 0 Å². The number of rotatable bonds is 16. The molecule has 0 aliphatic rings. The van der Waals surface area contributed by atoms with Crippen molar-refractivity contribution in [3.05, 3.63) is 0 Å². The predicted molar refractivity (Wildman–Crippen MR) is 102 cm³/mol. The van der Waals surface area contributed by atoms with Gasteiger partial charge in [0.05, 0.1) is 0 Å². The van der Waals surface area contributed by atoms with Gasteiger partial charge in [0.1, 0.15) is 6.04 Å². The smallest absolute Gasteiger partial charge is 1.00 e. The van der Waals surface area contributed by atoms with Crippen molar-refractivity contribution in [3.63, 3.8) is 0 Å². The van der Waals surface area contributed by atoms with Crippen molar-refractivity contribution < 1.29 is 45.7 Å². The van der Waals surface area contributed by atoms with Crippen LogP contribution in [-0.2, 0) is 9.59 Å². The summed E-state index contributed by atoms with van der Waals surface area (Å²) < 4.78 is 0. The molecule has 0 saturated heterocycles. The molecule has 0 spiro atoms. The van der Waals surface area contributed by atoms with Crippen LogP contribution < -0.4 is 46.3 Å². The molecular weight excluding hydrogens is 343 g/mol. The van der Waals surface area contributed by atoms with Gasteiger partial charge in [0, 0.05) is 13.0 Å². The number of carbonyl (C=O) groups excluding carboxylic acids is 1. The third kappa shape index (κ3) is 18.0. The molecule has 0 heterocycles. The number of nitrogens with two attached hydrogens (primary N) is 2. The summed E-state index contributed by atoms with van der Waals surface area (Å²) in [7, 11) is 0. The summed E-state index contributed by atoms with van der Waals surface area (Å²) >= 11 is 0. The Balaban J connectivity index is -0.00000288. The van der Waals surface area contributed by atoms with Crippen LogP contribution in [0.15, 0.2) is 4.99 Å². The number of hydrogen-bond donors (Lipinski definition) is 4. The van der Waals surface area contributed by atoms with Crippen LogP contribution in [0.5, 0.6) is 0 Å². The average molecular weight is 381 g/mol. The van der Waals surface area contributed by atoms with E-state index < -0.39 is 12.0 Å². The van der Waals surface area contributed by atoms with Crippen molar-refractivity contribution in [1.29, 1.82) is 0 Å². The molecule has 26 heavy (non-hydrogen) atoms. The van der Waals surface area contributed by atoms with Crippen LogP contribution in [0.25, 0.3) is 0 Å². The van der Waals surface area contributed by atoms with Gasteiger partial charge in [0.2, 0.25) is 5.91 Å². The second-order valence-electron chi connectivity index (χ2n) is 6.49. The normalized spacial score (nSPS) is 11.3. The minimum Gasteiger partial charge on any atom is -1.00 e. The van der Waals surface area contributed by atoms with Crippen molar-refractivity contribution >= 4 is 17.8 Å². The number of unbranched alkanes of at least 4 members (excludes halogenated alkanes) is 8. The Morgan fingerprint density at radius 3 is 2.04 bits per heavy atom. The maximum Gasteiger partial charge on any atom is 1.00 e. The van der Waals surface area contributed by atoms with Gasteiger partial charge >= 0.3 is 35.5 Å². The number of aliphatic imine (C=N–C) groups is 1. The van der Waals surface area contributed by atoms with Crippen molar-refractivity contribution in [2.75, 3.05) is 6.54 Å². The Labute approximate surface area is 181 Å². The van der Waals surface area contributed by atoms with E-state index in [0.717, 1.165) is 19.3 Å². The Hall–Kier alpha value is -0.790. The molecule has 6 N–H and O–H groups in total. The number of carboxylic acids is 1.